The molecule has 1 heterocycles. The molecule has 0 aromatic rings. The van der Waals surface area contributed by atoms with Crippen molar-refractivity contribution in [3.05, 3.63) is 0 Å². The van der Waals surface area contributed by atoms with E-state index in [9.17, 15) is 24.0 Å². The van der Waals surface area contributed by atoms with Crippen molar-refractivity contribution in [1.29, 1.82) is 0 Å². The van der Waals surface area contributed by atoms with Crippen molar-refractivity contribution in [3.8, 4) is 0 Å². The maximum atomic E-state index is 12.4. The van der Waals surface area contributed by atoms with E-state index in [0.717, 1.165) is 17.7 Å². The Bertz CT molecular complexity index is 552. The van der Waals surface area contributed by atoms with Gasteiger partial charge in [0.25, 0.3) is 5.91 Å². The van der Waals surface area contributed by atoms with Crippen LogP contribution in [0.25, 0.3) is 0 Å². The number of hydrogen-bond acceptors (Lipinski definition) is 6. The first-order valence-electron chi connectivity index (χ1n) is 7.92. The topological polar surface area (TPSA) is 122 Å². The fourth-order valence-corrected chi connectivity index (χ4v) is 3.16. The molecule has 0 unspecified atom stereocenters. The second-order valence-electron chi connectivity index (χ2n) is 5.95. The fraction of sp³-hybridized carbons (Fsp3) is 0.667. The number of nitrogens with zero attached hydrogens (tertiary/aromatic N) is 1. The second-order valence-corrected chi connectivity index (χ2v) is 5.95. The SMILES string of the molecule is CNC(=O)NC(=O)COC(=O)[C@H](C)N1C(=O)[C@H]2CCCC[C@H]2C1=O. The van der Waals surface area contributed by atoms with E-state index in [-0.39, 0.29) is 23.7 Å². The normalized spacial score (nSPS) is 24.2. The number of rotatable bonds is 4. The molecule has 132 valence electrons. The number of carbonyl (C=O) groups is 5. The molecule has 0 bridgehead atoms. The van der Waals surface area contributed by atoms with Gasteiger partial charge in [-0.15, -0.1) is 0 Å². The molecule has 1 aliphatic carbocycles. The minimum Gasteiger partial charge on any atom is -0.454 e. The standard InChI is InChI=1S/C15H21N3O6/c1-8(14(22)24-7-11(19)17-15(23)16-2)18-12(20)9-5-3-4-6-10(9)13(18)21/h8-10H,3-7H2,1-2H3,(H2,16,17,19,23)/t8-,9-,10+/m0/s1. The molecule has 2 aliphatic rings. The number of hydrogen-bond donors (Lipinski definition) is 2. The second kappa shape index (κ2) is 7.41. The van der Waals surface area contributed by atoms with Crippen LogP contribution in [0.4, 0.5) is 4.79 Å². The molecule has 0 aromatic heterocycles. The van der Waals surface area contributed by atoms with Crippen LogP contribution in [0.3, 0.4) is 0 Å². The predicted octanol–water partition coefficient (Wildman–Crippen LogP) is -0.451. The number of likely N-dealkylation sites (tertiary alicyclic amines) is 1. The quantitative estimate of drug-likeness (QED) is 0.528. The van der Waals surface area contributed by atoms with Gasteiger partial charge in [-0.3, -0.25) is 24.6 Å². The number of carbonyl (C=O) groups excluding carboxylic acids is 5. The van der Waals surface area contributed by atoms with E-state index in [1.807, 2.05) is 5.32 Å². The lowest BCUT2D eigenvalue weighted by Gasteiger charge is -2.21. The average Bonchev–Trinajstić information content (AvgIpc) is 2.83. The maximum Gasteiger partial charge on any atom is 0.329 e. The summed E-state index contributed by atoms with van der Waals surface area (Å²) in [5.41, 5.74) is 0. The molecular formula is C15H21N3O6. The summed E-state index contributed by atoms with van der Waals surface area (Å²) in [5, 5.41) is 4.12. The minimum absolute atomic E-state index is 0.344. The summed E-state index contributed by atoms with van der Waals surface area (Å²) in [7, 11) is 1.33. The van der Waals surface area contributed by atoms with Gasteiger partial charge < -0.3 is 10.1 Å². The molecule has 5 amide bonds. The van der Waals surface area contributed by atoms with E-state index in [0.29, 0.717) is 12.8 Å². The number of amides is 5. The molecular weight excluding hydrogens is 318 g/mol. The summed E-state index contributed by atoms with van der Waals surface area (Å²) in [4.78, 5) is 60.1. The van der Waals surface area contributed by atoms with Gasteiger partial charge in [0.2, 0.25) is 11.8 Å². The summed E-state index contributed by atoms with van der Waals surface area (Å²) in [5.74, 6) is -3.05. The molecule has 3 atom stereocenters. The largest absolute Gasteiger partial charge is 0.454 e. The first-order valence-corrected chi connectivity index (χ1v) is 7.92. The highest BCUT2D eigenvalue weighted by Crippen LogP contribution is 2.38. The van der Waals surface area contributed by atoms with Gasteiger partial charge in [-0.1, -0.05) is 12.8 Å². The molecule has 1 saturated heterocycles. The van der Waals surface area contributed by atoms with E-state index in [1.165, 1.54) is 14.0 Å². The molecule has 24 heavy (non-hydrogen) atoms. The van der Waals surface area contributed by atoms with Crippen molar-refractivity contribution in [2.45, 2.75) is 38.6 Å². The van der Waals surface area contributed by atoms with Gasteiger partial charge in [-0.2, -0.15) is 0 Å². The van der Waals surface area contributed by atoms with Gasteiger partial charge in [0.05, 0.1) is 11.8 Å². The molecule has 9 heteroatoms. The van der Waals surface area contributed by atoms with Crippen LogP contribution in [0, 0.1) is 11.8 Å². The van der Waals surface area contributed by atoms with Crippen molar-refractivity contribution in [2.75, 3.05) is 13.7 Å². The van der Waals surface area contributed by atoms with Crippen molar-refractivity contribution >= 4 is 29.7 Å². The van der Waals surface area contributed by atoms with Gasteiger partial charge >= 0.3 is 12.0 Å². The molecule has 0 spiro atoms. The third-order valence-corrected chi connectivity index (χ3v) is 4.43. The highest BCUT2D eigenvalue weighted by molar-refractivity contribution is 6.08. The minimum atomic E-state index is -1.09. The Hall–Kier alpha value is -2.45. The lowest BCUT2D eigenvalue weighted by Crippen LogP contribution is -2.46. The van der Waals surface area contributed by atoms with E-state index >= 15 is 0 Å². The lowest BCUT2D eigenvalue weighted by atomic mass is 9.81. The Morgan fingerprint density at radius 2 is 1.71 bits per heavy atom. The van der Waals surface area contributed by atoms with Crippen LogP contribution >= 0.6 is 0 Å². The summed E-state index contributed by atoms with van der Waals surface area (Å²) in [6, 6.07) is -1.82. The third-order valence-electron chi connectivity index (χ3n) is 4.43. The summed E-state index contributed by atoms with van der Waals surface area (Å²) < 4.78 is 4.80. The average molecular weight is 339 g/mol. The summed E-state index contributed by atoms with van der Waals surface area (Å²) in [6.45, 7) is 0.728. The van der Waals surface area contributed by atoms with Crippen molar-refractivity contribution in [1.82, 2.24) is 15.5 Å². The Kier molecular flexibility index (Phi) is 5.53. The highest BCUT2D eigenvalue weighted by atomic mass is 16.5. The van der Waals surface area contributed by atoms with Crippen LogP contribution in [0.15, 0.2) is 0 Å². The molecule has 1 saturated carbocycles. The molecule has 0 aromatic carbocycles. The van der Waals surface area contributed by atoms with Gasteiger partial charge in [0, 0.05) is 7.05 Å². The Morgan fingerprint density at radius 1 is 1.17 bits per heavy atom. The van der Waals surface area contributed by atoms with Crippen molar-refractivity contribution in [3.63, 3.8) is 0 Å². The number of esters is 1. The highest BCUT2D eigenvalue weighted by Gasteiger charge is 2.51. The monoisotopic (exact) mass is 339 g/mol. The lowest BCUT2D eigenvalue weighted by molar-refractivity contribution is -0.159. The van der Waals surface area contributed by atoms with E-state index in [4.69, 9.17) is 4.74 Å². The summed E-state index contributed by atoms with van der Waals surface area (Å²) in [6.07, 6.45) is 3.10. The summed E-state index contributed by atoms with van der Waals surface area (Å²) >= 11 is 0. The number of fused-ring (bicyclic) bond motifs is 1. The van der Waals surface area contributed by atoms with Crippen LogP contribution in [-0.2, 0) is 23.9 Å². The molecule has 2 rings (SSSR count). The number of urea groups is 1. The Balaban J connectivity index is 1.93. The van der Waals surface area contributed by atoms with E-state index in [1.54, 1.807) is 0 Å². The Morgan fingerprint density at radius 3 is 2.21 bits per heavy atom. The molecule has 2 N–H and O–H groups in total. The van der Waals surface area contributed by atoms with Gasteiger partial charge in [-0.25, -0.2) is 9.59 Å². The molecule has 0 radical (unpaired) electrons. The zero-order valence-corrected chi connectivity index (χ0v) is 13.7. The van der Waals surface area contributed by atoms with Crippen molar-refractivity contribution in [2.24, 2.45) is 11.8 Å². The number of imide groups is 2. The van der Waals surface area contributed by atoms with Crippen LogP contribution in [-0.4, -0.2) is 54.3 Å². The smallest absolute Gasteiger partial charge is 0.329 e. The first kappa shape index (κ1) is 17.9. The van der Waals surface area contributed by atoms with Gasteiger partial charge in [0.1, 0.15) is 6.04 Å². The number of ether oxygens (including phenoxy) is 1. The van der Waals surface area contributed by atoms with E-state index < -0.39 is 30.6 Å². The fourth-order valence-electron chi connectivity index (χ4n) is 3.16. The Labute approximate surface area is 139 Å². The predicted molar refractivity (Wildman–Crippen MR) is 80.3 cm³/mol. The third kappa shape index (κ3) is 3.55. The van der Waals surface area contributed by atoms with Crippen LogP contribution in [0.5, 0.6) is 0 Å². The zero-order chi connectivity index (χ0) is 17.9. The maximum absolute atomic E-state index is 12.4. The zero-order valence-electron chi connectivity index (χ0n) is 13.7. The van der Waals surface area contributed by atoms with Gasteiger partial charge in [-0.05, 0) is 19.8 Å². The molecule has 2 fully saturated rings. The van der Waals surface area contributed by atoms with E-state index in [2.05, 4.69) is 5.32 Å². The molecule has 1 aliphatic heterocycles. The van der Waals surface area contributed by atoms with Gasteiger partial charge in [0.15, 0.2) is 6.61 Å². The van der Waals surface area contributed by atoms with Crippen molar-refractivity contribution < 1.29 is 28.7 Å². The van der Waals surface area contributed by atoms with Crippen LogP contribution < -0.4 is 10.6 Å². The van der Waals surface area contributed by atoms with Crippen LogP contribution in [0.1, 0.15) is 32.6 Å². The first-order chi connectivity index (χ1) is 11.4. The molecule has 9 nitrogen and oxygen atoms in total. The van der Waals surface area contributed by atoms with Crippen LogP contribution in [0.2, 0.25) is 0 Å². The number of nitrogens with one attached hydrogen (secondary N) is 2.